The van der Waals surface area contributed by atoms with Gasteiger partial charge in [0, 0.05) is 11.1 Å². The maximum Gasteiger partial charge on any atom is 0.231 e. The van der Waals surface area contributed by atoms with Crippen LogP contribution in [-0.2, 0) is 0 Å². The average Bonchev–Trinajstić information content (AvgIpc) is 2.39. The molecule has 0 bridgehead atoms. The highest BCUT2D eigenvalue weighted by Crippen LogP contribution is 2.31. The van der Waals surface area contributed by atoms with Gasteiger partial charge in [0.1, 0.15) is 5.75 Å². The molecule has 3 rings (SSSR count). The number of benzene rings is 2. The van der Waals surface area contributed by atoms with Gasteiger partial charge in [-0.05, 0) is 17.7 Å². The van der Waals surface area contributed by atoms with Crippen molar-refractivity contribution in [1.82, 2.24) is 0 Å². The maximum absolute atomic E-state index is 5.47. The summed E-state index contributed by atoms with van der Waals surface area (Å²) in [6.45, 7) is 2.95. The van der Waals surface area contributed by atoms with Gasteiger partial charge < -0.3 is 4.74 Å². The van der Waals surface area contributed by atoms with Crippen LogP contribution in [0.15, 0.2) is 54.6 Å². The van der Waals surface area contributed by atoms with E-state index in [2.05, 4.69) is 24.8 Å². The molecule has 1 heteroatoms. The van der Waals surface area contributed by atoms with E-state index < -0.39 is 0 Å². The zero-order valence-electron chi connectivity index (χ0n) is 8.68. The first-order valence-corrected chi connectivity index (χ1v) is 5.22. The minimum Gasteiger partial charge on any atom is -0.472 e. The second-order valence-electron chi connectivity index (χ2n) is 3.67. The molecule has 0 fully saturated rings. The lowest BCUT2D eigenvalue weighted by molar-refractivity contribution is 0.435. The van der Waals surface area contributed by atoms with Gasteiger partial charge in [0.2, 0.25) is 6.61 Å². The Bertz CT molecular complexity index is 526. The van der Waals surface area contributed by atoms with Gasteiger partial charge in [-0.1, -0.05) is 48.5 Å². The predicted octanol–water partition coefficient (Wildman–Crippen LogP) is 3.66. The molecule has 0 N–H and O–H groups in total. The Hall–Kier alpha value is -2.02. The number of ether oxygens (including phenoxy) is 1. The minimum atomic E-state index is 0.863. The Morgan fingerprint density at radius 1 is 0.812 bits per heavy atom. The summed E-state index contributed by atoms with van der Waals surface area (Å²) >= 11 is 0. The van der Waals surface area contributed by atoms with Crippen LogP contribution in [0, 0.1) is 6.61 Å². The van der Waals surface area contributed by atoms with Gasteiger partial charge in [0.05, 0.1) is 0 Å². The molecule has 2 radical (unpaired) electrons. The van der Waals surface area contributed by atoms with Crippen LogP contribution in [0.5, 0.6) is 5.75 Å². The van der Waals surface area contributed by atoms with Crippen molar-refractivity contribution in [3.8, 4) is 5.75 Å². The lowest BCUT2D eigenvalue weighted by Crippen LogP contribution is -2.00. The summed E-state index contributed by atoms with van der Waals surface area (Å²) in [5.41, 5.74) is 3.21. The van der Waals surface area contributed by atoms with Gasteiger partial charge in [-0.3, -0.25) is 0 Å². The van der Waals surface area contributed by atoms with Gasteiger partial charge in [-0.2, -0.15) is 0 Å². The Morgan fingerprint density at radius 2 is 1.56 bits per heavy atom. The summed E-state index contributed by atoms with van der Waals surface area (Å²) < 4.78 is 5.47. The van der Waals surface area contributed by atoms with Gasteiger partial charge in [-0.15, -0.1) is 0 Å². The van der Waals surface area contributed by atoms with Gasteiger partial charge in [0.25, 0.3) is 0 Å². The lowest BCUT2D eigenvalue weighted by Gasteiger charge is -2.15. The van der Waals surface area contributed by atoms with E-state index in [0.717, 1.165) is 22.4 Å². The summed E-state index contributed by atoms with van der Waals surface area (Å²) in [4.78, 5) is 0. The molecule has 1 aliphatic heterocycles. The van der Waals surface area contributed by atoms with Crippen molar-refractivity contribution in [2.45, 2.75) is 0 Å². The molecular weight excluding hydrogens is 196 g/mol. The summed E-state index contributed by atoms with van der Waals surface area (Å²) in [5.74, 6) is 0.863. The second kappa shape index (κ2) is 3.86. The van der Waals surface area contributed by atoms with Crippen LogP contribution in [0.25, 0.3) is 11.6 Å². The average molecular weight is 206 g/mol. The molecule has 2 aromatic carbocycles. The SMILES string of the molecule is [C]1Oc2ccccc2C=C1c1ccccc1. The highest BCUT2D eigenvalue weighted by Gasteiger charge is 2.13. The fraction of sp³-hybridized carbons (Fsp3) is 0. The van der Waals surface area contributed by atoms with Gasteiger partial charge >= 0.3 is 0 Å². The van der Waals surface area contributed by atoms with E-state index in [4.69, 9.17) is 4.74 Å². The first-order chi connectivity index (χ1) is 7.93. The molecular formula is C15H10O. The van der Waals surface area contributed by atoms with E-state index in [1.807, 2.05) is 42.5 Å². The van der Waals surface area contributed by atoms with Crippen LogP contribution < -0.4 is 4.74 Å². The van der Waals surface area contributed by atoms with E-state index in [-0.39, 0.29) is 0 Å². The van der Waals surface area contributed by atoms with Crippen molar-refractivity contribution in [1.29, 1.82) is 0 Å². The van der Waals surface area contributed by atoms with E-state index in [9.17, 15) is 0 Å². The number of hydrogen-bond donors (Lipinski definition) is 0. The second-order valence-corrected chi connectivity index (χ2v) is 3.67. The molecule has 0 saturated carbocycles. The molecule has 0 spiro atoms. The first kappa shape index (κ1) is 9.22. The monoisotopic (exact) mass is 206 g/mol. The molecule has 1 heterocycles. The topological polar surface area (TPSA) is 9.23 Å². The normalized spacial score (nSPS) is 13.6. The smallest absolute Gasteiger partial charge is 0.231 e. The number of hydrogen-bond acceptors (Lipinski definition) is 1. The fourth-order valence-corrected chi connectivity index (χ4v) is 1.75. The third-order valence-corrected chi connectivity index (χ3v) is 2.57. The summed E-state index contributed by atoms with van der Waals surface area (Å²) in [5, 5.41) is 0. The zero-order chi connectivity index (χ0) is 10.8. The maximum atomic E-state index is 5.47. The molecule has 76 valence electrons. The van der Waals surface area contributed by atoms with Crippen LogP contribution in [0.2, 0.25) is 0 Å². The molecule has 0 atom stereocenters. The Balaban J connectivity index is 2.04. The van der Waals surface area contributed by atoms with E-state index in [1.54, 1.807) is 0 Å². The van der Waals surface area contributed by atoms with Crippen molar-refractivity contribution < 1.29 is 4.74 Å². The number of fused-ring (bicyclic) bond motifs is 1. The molecule has 0 unspecified atom stereocenters. The van der Waals surface area contributed by atoms with Gasteiger partial charge in [-0.25, -0.2) is 0 Å². The van der Waals surface area contributed by atoms with Crippen LogP contribution in [0.4, 0.5) is 0 Å². The lowest BCUT2D eigenvalue weighted by atomic mass is 10.0. The van der Waals surface area contributed by atoms with Crippen LogP contribution >= 0.6 is 0 Å². The molecule has 0 aromatic heterocycles. The highest BCUT2D eigenvalue weighted by molar-refractivity contribution is 5.88. The standard InChI is InChI=1S/C15H10O/c1-2-6-12(7-3-1)14-10-13-8-4-5-9-15(13)16-11-14/h1-10H. The van der Waals surface area contributed by atoms with Crippen molar-refractivity contribution >= 4 is 11.6 Å². The van der Waals surface area contributed by atoms with Crippen molar-refractivity contribution in [3.05, 3.63) is 72.3 Å². The Kier molecular flexibility index (Phi) is 2.22. The Labute approximate surface area is 95.0 Å². The first-order valence-electron chi connectivity index (χ1n) is 5.22. The fourth-order valence-electron chi connectivity index (χ4n) is 1.75. The van der Waals surface area contributed by atoms with E-state index in [0.29, 0.717) is 0 Å². The minimum absolute atomic E-state index is 0.863. The number of para-hydroxylation sites is 1. The van der Waals surface area contributed by atoms with Crippen molar-refractivity contribution in [2.75, 3.05) is 0 Å². The summed E-state index contributed by atoms with van der Waals surface area (Å²) in [7, 11) is 0. The summed E-state index contributed by atoms with van der Waals surface area (Å²) in [6.07, 6.45) is 2.09. The third kappa shape index (κ3) is 1.61. The zero-order valence-corrected chi connectivity index (χ0v) is 8.68. The van der Waals surface area contributed by atoms with Crippen LogP contribution in [0.3, 0.4) is 0 Å². The largest absolute Gasteiger partial charge is 0.472 e. The highest BCUT2D eigenvalue weighted by atomic mass is 16.5. The molecule has 0 aliphatic carbocycles. The van der Waals surface area contributed by atoms with Crippen LogP contribution in [0.1, 0.15) is 11.1 Å². The molecule has 0 amide bonds. The molecule has 1 aliphatic rings. The molecule has 1 nitrogen and oxygen atoms in total. The summed E-state index contributed by atoms with van der Waals surface area (Å²) in [6, 6.07) is 18.1. The van der Waals surface area contributed by atoms with Gasteiger partial charge in [0.15, 0.2) is 0 Å². The van der Waals surface area contributed by atoms with E-state index in [1.165, 1.54) is 0 Å². The van der Waals surface area contributed by atoms with Crippen molar-refractivity contribution in [3.63, 3.8) is 0 Å². The Morgan fingerprint density at radius 3 is 2.44 bits per heavy atom. The van der Waals surface area contributed by atoms with Crippen LogP contribution in [-0.4, -0.2) is 0 Å². The van der Waals surface area contributed by atoms with Crippen molar-refractivity contribution in [2.24, 2.45) is 0 Å². The molecule has 0 saturated heterocycles. The molecule has 2 aromatic rings. The third-order valence-electron chi connectivity index (χ3n) is 2.57. The predicted molar refractivity (Wildman–Crippen MR) is 64.6 cm³/mol. The van der Waals surface area contributed by atoms with E-state index >= 15 is 0 Å². The number of rotatable bonds is 1. The molecule has 16 heavy (non-hydrogen) atoms. The quantitative estimate of drug-likeness (QED) is 0.691.